The molecule has 250 valence electrons. The predicted octanol–water partition coefficient (Wildman–Crippen LogP) is -1.41. The van der Waals surface area contributed by atoms with Crippen LogP contribution in [0.15, 0.2) is 10.5 Å². The molecule has 0 unspecified atom stereocenters. The molecule has 45 heavy (non-hydrogen) atoms. The van der Waals surface area contributed by atoms with Gasteiger partial charge in [0.1, 0.15) is 11.5 Å². The lowest BCUT2D eigenvalue weighted by Crippen LogP contribution is -2.45. The number of nitrogens with zero attached hydrogens (tertiary/aromatic N) is 5. The molecule has 0 atom stereocenters. The molecule has 1 aromatic rings. The normalized spacial score (nSPS) is 11.8. The number of anilines is 1. The summed E-state index contributed by atoms with van der Waals surface area (Å²) in [7, 11) is 1.12. The van der Waals surface area contributed by atoms with Gasteiger partial charge in [-0.1, -0.05) is 5.16 Å². The molecule has 0 aromatic carbocycles. The van der Waals surface area contributed by atoms with Crippen LogP contribution in [-0.4, -0.2) is 159 Å². The van der Waals surface area contributed by atoms with Crippen LogP contribution < -0.4 is 5.32 Å². The van der Waals surface area contributed by atoms with Crippen LogP contribution in [0, 0.1) is 0 Å². The molecular weight excluding hydrogens is 624 g/mol. The Kier molecular flexibility index (Phi) is 15.7. The van der Waals surface area contributed by atoms with E-state index in [-0.39, 0.29) is 49.3 Å². The number of ether oxygens (including phenoxy) is 1. The molecule has 1 heterocycles. The number of amides is 1. The Balaban J connectivity index is 2.94. The summed E-state index contributed by atoms with van der Waals surface area (Å²) in [6, 6.07) is 0. The van der Waals surface area contributed by atoms with E-state index in [0.717, 1.165) is 18.4 Å². The average molecular weight is 661 g/mol. The van der Waals surface area contributed by atoms with E-state index < -0.39 is 73.2 Å². The smallest absolute Gasteiger partial charge is 0.360 e. The number of aliphatic carboxylic acids is 4. The van der Waals surface area contributed by atoms with Crippen LogP contribution in [0.5, 0.6) is 0 Å². The third-order valence-corrected chi connectivity index (χ3v) is 6.35. The van der Waals surface area contributed by atoms with Gasteiger partial charge >= 0.3 is 29.8 Å². The van der Waals surface area contributed by atoms with E-state index >= 15 is 0 Å². The summed E-state index contributed by atoms with van der Waals surface area (Å²) in [5.74, 6) is -6.99. The van der Waals surface area contributed by atoms with Gasteiger partial charge in [0.25, 0.3) is 0 Å². The Morgan fingerprint density at radius 3 is 1.80 bits per heavy atom. The van der Waals surface area contributed by atoms with E-state index in [9.17, 15) is 48.9 Å². The second-order valence-electron chi connectivity index (χ2n) is 10.0. The lowest BCUT2D eigenvalue weighted by molar-refractivity contribution is -0.165. The first-order valence-corrected chi connectivity index (χ1v) is 14.0. The minimum Gasteiger partial charge on any atom is -0.480 e. The number of hydrogen-bond donors (Lipinski definition) is 5. The maximum absolute atomic E-state index is 12.7. The molecule has 0 saturated heterocycles. The fourth-order valence-corrected chi connectivity index (χ4v) is 4.30. The van der Waals surface area contributed by atoms with Gasteiger partial charge < -0.3 is 35.3 Å². The Hall–Kier alpha value is -4.53. The highest BCUT2D eigenvalue weighted by Gasteiger charge is 2.32. The number of methoxy groups -OCH3 is 1. The minimum atomic E-state index is -1.61. The van der Waals surface area contributed by atoms with E-state index in [1.807, 2.05) is 0 Å². The highest BCUT2D eigenvalue weighted by Crippen LogP contribution is 2.18. The SMILES string of the molecule is COC(=O)C(C)(C)O/N=C(/C(=O)O)c1csc(NC(=O)CN(CCN(CCN(CC(C)=O)CC(=O)O)CC(=O)O)CC(=O)O)n1. The van der Waals surface area contributed by atoms with Crippen LogP contribution in [0.25, 0.3) is 0 Å². The van der Waals surface area contributed by atoms with E-state index in [4.69, 9.17) is 9.94 Å². The van der Waals surface area contributed by atoms with E-state index in [1.165, 1.54) is 40.9 Å². The standard InChI is InChI=1S/C25H36N6O13S/c1-15(32)9-30(12-19(36)37)7-5-29(11-18(34)35)6-8-31(13-20(38)39)10-17(33)27-24-26-16(14-45-24)21(22(40)41)28-44-25(2,3)23(42)43-4/h14H,5-13H2,1-4H3,(H,34,35)(H,36,37)(H,38,39)(H,40,41)(H,26,27,33)/b28-21+. The summed E-state index contributed by atoms with van der Waals surface area (Å²) in [6.07, 6.45) is 0. The fourth-order valence-electron chi connectivity index (χ4n) is 3.59. The molecule has 20 heteroatoms. The summed E-state index contributed by atoms with van der Waals surface area (Å²) in [6.45, 7) is 1.76. The lowest BCUT2D eigenvalue weighted by Gasteiger charge is -2.27. The Morgan fingerprint density at radius 2 is 1.33 bits per heavy atom. The first-order valence-electron chi connectivity index (χ1n) is 13.1. The first kappa shape index (κ1) is 38.5. The monoisotopic (exact) mass is 660 g/mol. The van der Waals surface area contributed by atoms with E-state index in [1.54, 1.807) is 0 Å². The van der Waals surface area contributed by atoms with Crippen LogP contribution in [-0.2, 0) is 43.1 Å². The summed E-state index contributed by atoms with van der Waals surface area (Å²) in [5.41, 5.74) is -2.47. The van der Waals surface area contributed by atoms with Crippen molar-refractivity contribution in [3.05, 3.63) is 11.1 Å². The minimum absolute atomic E-state index is 0.0183. The van der Waals surface area contributed by atoms with Crippen LogP contribution >= 0.6 is 11.3 Å². The number of nitrogens with one attached hydrogen (secondary N) is 1. The zero-order valence-corrected chi connectivity index (χ0v) is 25.9. The van der Waals surface area contributed by atoms with Gasteiger partial charge in [-0.05, 0) is 20.8 Å². The largest absolute Gasteiger partial charge is 0.480 e. The molecule has 0 aliphatic carbocycles. The molecule has 0 saturated carbocycles. The Bertz CT molecular complexity index is 1270. The molecule has 0 fully saturated rings. The topological polar surface area (TPSA) is 266 Å². The van der Waals surface area contributed by atoms with Crippen LogP contribution in [0.3, 0.4) is 0 Å². The molecular formula is C25H36N6O13S. The highest BCUT2D eigenvalue weighted by atomic mass is 32.1. The second-order valence-corrected chi connectivity index (χ2v) is 10.9. The summed E-state index contributed by atoms with van der Waals surface area (Å²) in [4.78, 5) is 94.6. The summed E-state index contributed by atoms with van der Waals surface area (Å²) in [5, 5.41) is 44.3. The molecule has 5 N–H and O–H groups in total. The van der Waals surface area contributed by atoms with E-state index in [0.29, 0.717) is 0 Å². The number of carbonyl (C=O) groups is 7. The number of esters is 1. The van der Waals surface area contributed by atoms with Crippen molar-refractivity contribution in [2.24, 2.45) is 5.16 Å². The zero-order valence-electron chi connectivity index (χ0n) is 25.0. The van der Waals surface area contributed by atoms with Gasteiger partial charge in [0.15, 0.2) is 5.13 Å². The maximum Gasteiger partial charge on any atom is 0.360 e. The fraction of sp³-hybridized carbons (Fsp3) is 0.560. The van der Waals surface area contributed by atoms with Gasteiger partial charge in [-0.15, -0.1) is 11.3 Å². The number of carboxylic acids is 4. The van der Waals surface area contributed by atoms with Gasteiger partial charge in [-0.25, -0.2) is 14.6 Å². The van der Waals surface area contributed by atoms with Gasteiger partial charge in [-0.2, -0.15) is 0 Å². The summed E-state index contributed by atoms with van der Waals surface area (Å²) >= 11 is 0.838. The molecule has 0 aliphatic rings. The molecule has 0 radical (unpaired) electrons. The number of carboxylic acid groups (broad SMARTS) is 4. The van der Waals surface area contributed by atoms with Crippen LogP contribution in [0.2, 0.25) is 0 Å². The van der Waals surface area contributed by atoms with Crippen LogP contribution in [0.1, 0.15) is 26.5 Å². The van der Waals surface area contributed by atoms with Crippen molar-refractivity contribution in [3.8, 4) is 0 Å². The van der Waals surface area contributed by atoms with Crippen molar-refractivity contribution in [2.75, 3.05) is 71.3 Å². The number of hydrogen-bond acceptors (Lipinski definition) is 15. The molecule has 19 nitrogen and oxygen atoms in total. The Morgan fingerprint density at radius 1 is 0.844 bits per heavy atom. The van der Waals surface area contributed by atoms with Crippen molar-refractivity contribution in [1.29, 1.82) is 0 Å². The molecule has 1 rings (SSSR count). The van der Waals surface area contributed by atoms with Crippen molar-refractivity contribution in [2.45, 2.75) is 26.4 Å². The number of ketones is 1. The number of aromatic nitrogens is 1. The van der Waals surface area contributed by atoms with Crippen molar-refractivity contribution < 1.29 is 63.6 Å². The number of Topliss-reactive ketones (excluding diaryl/α,β-unsaturated/α-hetero) is 1. The van der Waals surface area contributed by atoms with Crippen LogP contribution in [0.4, 0.5) is 5.13 Å². The zero-order chi connectivity index (χ0) is 34.3. The third kappa shape index (κ3) is 15.2. The maximum atomic E-state index is 12.7. The Labute approximate surface area is 261 Å². The first-order chi connectivity index (χ1) is 20.9. The van der Waals surface area contributed by atoms with E-state index in [2.05, 4.69) is 20.2 Å². The third-order valence-electron chi connectivity index (χ3n) is 5.59. The van der Waals surface area contributed by atoms with Crippen molar-refractivity contribution >= 4 is 63.7 Å². The van der Waals surface area contributed by atoms with Gasteiger partial charge in [0.05, 0.1) is 39.8 Å². The number of rotatable bonds is 22. The van der Waals surface area contributed by atoms with Gasteiger partial charge in [-0.3, -0.25) is 38.7 Å². The number of thiazole rings is 1. The molecule has 0 bridgehead atoms. The van der Waals surface area contributed by atoms with Gasteiger partial charge in [0.2, 0.25) is 17.2 Å². The number of carbonyl (C=O) groups excluding carboxylic acids is 3. The molecule has 0 aliphatic heterocycles. The van der Waals surface area contributed by atoms with Crippen molar-refractivity contribution in [3.63, 3.8) is 0 Å². The van der Waals surface area contributed by atoms with Gasteiger partial charge in [0, 0.05) is 31.6 Å². The summed E-state index contributed by atoms with van der Waals surface area (Å²) < 4.78 is 4.57. The predicted molar refractivity (Wildman–Crippen MR) is 155 cm³/mol. The second kappa shape index (κ2) is 18.3. The molecule has 1 amide bonds. The molecule has 1 aromatic heterocycles. The lowest BCUT2D eigenvalue weighted by atomic mass is 10.1. The average Bonchev–Trinajstić information content (AvgIpc) is 3.35. The van der Waals surface area contributed by atoms with Crippen molar-refractivity contribution in [1.82, 2.24) is 19.7 Å². The quantitative estimate of drug-likeness (QED) is 0.0543. The highest BCUT2D eigenvalue weighted by molar-refractivity contribution is 7.14. The molecule has 0 spiro atoms. The number of oxime groups is 1.